The molecule has 1 heterocycles. The van der Waals surface area contributed by atoms with Gasteiger partial charge >= 0.3 is 5.97 Å². The SMILES string of the molecule is Cc1nc(SCC(Cl)=CCl)sc1CC(=O)O. The Bertz CT molecular complexity index is 418. The number of rotatable bonds is 5. The Morgan fingerprint density at radius 3 is 2.94 bits per heavy atom. The quantitative estimate of drug-likeness (QED) is 0.845. The number of thiazole rings is 1. The molecule has 0 bridgehead atoms. The lowest BCUT2D eigenvalue weighted by Crippen LogP contribution is -1.99. The highest BCUT2D eigenvalue weighted by Crippen LogP contribution is 2.29. The van der Waals surface area contributed by atoms with Gasteiger partial charge in [-0.3, -0.25) is 4.79 Å². The Labute approximate surface area is 111 Å². The first-order chi connectivity index (χ1) is 7.52. The van der Waals surface area contributed by atoms with Gasteiger partial charge in [0.25, 0.3) is 0 Å². The van der Waals surface area contributed by atoms with Crippen LogP contribution in [0.3, 0.4) is 0 Å². The molecule has 0 amide bonds. The van der Waals surface area contributed by atoms with Crippen molar-refractivity contribution in [2.75, 3.05) is 5.75 Å². The Morgan fingerprint density at radius 1 is 1.69 bits per heavy atom. The van der Waals surface area contributed by atoms with E-state index in [0.29, 0.717) is 10.8 Å². The second-order valence-electron chi connectivity index (χ2n) is 2.90. The summed E-state index contributed by atoms with van der Waals surface area (Å²) in [6, 6.07) is 0. The Kier molecular flexibility index (Phi) is 5.61. The van der Waals surface area contributed by atoms with Gasteiger partial charge in [-0.05, 0) is 6.92 Å². The number of nitrogens with zero attached hydrogens (tertiary/aromatic N) is 1. The van der Waals surface area contributed by atoms with E-state index in [2.05, 4.69) is 4.98 Å². The maximum Gasteiger partial charge on any atom is 0.308 e. The van der Waals surface area contributed by atoms with E-state index < -0.39 is 5.97 Å². The van der Waals surface area contributed by atoms with E-state index in [1.165, 1.54) is 28.6 Å². The number of carboxylic acid groups (broad SMARTS) is 1. The average molecular weight is 298 g/mol. The molecule has 0 aromatic carbocycles. The normalized spacial score (nSPS) is 11.8. The molecule has 0 aliphatic heterocycles. The second kappa shape index (κ2) is 6.49. The monoisotopic (exact) mass is 297 g/mol. The van der Waals surface area contributed by atoms with Gasteiger partial charge in [0.1, 0.15) is 0 Å². The zero-order valence-electron chi connectivity index (χ0n) is 8.37. The van der Waals surface area contributed by atoms with Crippen molar-refractivity contribution >= 4 is 52.3 Å². The van der Waals surface area contributed by atoms with Crippen molar-refractivity contribution < 1.29 is 9.90 Å². The van der Waals surface area contributed by atoms with E-state index in [1.807, 2.05) is 0 Å². The number of hydrogen-bond acceptors (Lipinski definition) is 4. The lowest BCUT2D eigenvalue weighted by atomic mass is 10.3. The first-order valence-corrected chi connectivity index (χ1v) is 6.90. The summed E-state index contributed by atoms with van der Waals surface area (Å²) in [6.07, 6.45) is 0.0170. The van der Waals surface area contributed by atoms with E-state index in [0.717, 1.165) is 14.9 Å². The van der Waals surface area contributed by atoms with Crippen molar-refractivity contribution in [2.45, 2.75) is 17.7 Å². The molecule has 0 unspecified atom stereocenters. The summed E-state index contributed by atoms with van der Waals surface area (Å²) in [5.41, 5.74) is 2.08. The highest BCUT2D eigenvalue weighted by Gasteiger charge is 2.11. The molecule has 1 rings (SSSR count). The van der Waals surface area contributed by atoms with Crippen molar-refractivity contribution in [2.24, 2.45) is 0 Å². The first-order valence-electron chi connectivity index (χ1n) is 4.28. The number of aryl methyl sites for hydroxylation is 1. The molecule has 0 aliphatic carbocycles. The predicted molar refractivity (Wildman–Crippen MR) is 68.7 cm³/mol. The predicted octanol–water partition coefficient (Wildman–Crippen LogP) is 3.49. The number of halogens is 2. The topological polar surface area (TPSA) is 50.2 Å². The molecule has 1 aromatic heterocycles. The van der Waals surface area contributed by atoms with Crippen LogP contribution in [0.5, 0.6) is 0 Å². The van der Waals surface area contributed by atoms with Gasteiger partial charge in [0.2, 0.25) is 0 Å². The molecular weight excluding hydrogens is 289 g/mol. The fraction of sp³-hybridized carbons (Fsp3) is 0.333. The van der Waals surface area contributed by atoms with Gasteiger partial charge < -0.3 is 5.11 Å². The maximum absolute atomic E-state index is 10.6. The Hall–Kier alpha value is -0.230. The van der Waals surface area contributed by atoms with Gasteiger partial charge in [0.15, 0.2) is 4.34 Å². The van der Waals surface area contributed by atoms with Gasteiger partial charge in [-0.25, -0.2) is 4.98 Å². The highest BCUT2D eigenvalue weighted by atomic mass is 35.5. The molecule has 0 atom stereocenters. The molecule has 0 aliphatic rings. The van der Waals surface area contributed by atoms with Crippen LogP contribution in [-0.2, 0) is 11.2 Å². The van der Waals surface area contributed by atoms with Crippen molar-refractivity contribution in [1.29, 1.82) is 0 Å². The number of aromatic nitrogens is 1. The van der Waals surface area contributed by atoms with Gasteiger partial charge in [-0.1, -0.05) is 35.0 Å². The third-order valence-corrected chi connectivity index (χ3v) is 4.76. The summed E-state index contributed by atoms with van der Waals surface area (Å²) in [4.78, 5) is 15.6. The van der Waals surface area contributed by atoms with Crippen molar-refractivity contribution in [1.82, 2.24) is 4.98 Å². The Morgan fingerprint density at radius 2 is 2.38 bits per heavy atom. The molecule has 7 heteroatoms. The standard InChI is InChI=1S/C9H9Cl2NO2S2/c1-5-7(2-8(13)14)16-9(12-5)15-4-6(11)3-10/h3H,2,4H2,1H3,(H,13,14). The fourth-order valence-electron chi connectivity index (χ4n) is 0.927. The molecule has 3 nitrogen and oxygen atoms in total. The minimum atomic E-state index is -0.845. The van der Waals surface area contributed by atoms with Crippen molar-refractivity contribution in [3.05, 3.63) is 21.1 Å². The van der Waals surface area contributed by atoms with E-state index in [9.17, 15) is 4.79 Å². The van der Waals surface area contributed by atoms with Crippen LogP contribution in [0, 0.1) is 6.92 Å². The summed E-state index contributed by atoms with van der Waals surface area (Å²) < 4.78 is 0.811. The van der Waals surface area contributed by atoms with Crippen LogP contribution < -0.4 is 0 Å². The maximum atomic E-state index is 10.6. The highest BCUT2D eigenvalue weighted by molar-refractivity contribution is 8.01. The summed E-state index contributed by atoms with van der Waals surface area (Å²) in [7, 11) is 0. The second-order valence-corrected chi connectivity index (χ2v) is 5.91. The number of aliphatic carboxylic acids is 1. The molecule has 88 valence electrons. The minimum absolute atomic E-state index is 0.0170. The van der Waals surface area contributed by atoms with E-state index in [-0.39, 0.29) is 6.42 Å². The summed E-state index contributed by atoms with van der Waals surface area (Å²) in [5, 5.41) is 9.22. The minimum Gasteiger partial charge on any atom is -0.481 e. The molecule has 1 aromatic rings. The lowest BCUT2D eigenvalue weighted by molar-refractivity contribution is -0.136. The van der Waals surface area contributed by atoms with Crippen LogP contribution in [0.1, 0.15) is 10.6 Å². The molecule has 16 heavy (non-hydrogen) atoms. The molecule has 1 N–H and O–H groups in total. The van der Waals surface area contributed by atoms with Crippen molar-refractivity contribution in [3.8, 4) is 0 Å². The molecule has 0 fully saturated rings. The summed E-state index contributed by atoms with van der Waals surface area (Å²) in [6.45, 7) is 1.80. The number of carbonyl (C=O) groups is 1. The number of hydrogen-bond donors (Lipinski definition) is 1. The van der Waals surface area contributed by atoms with Gasteiger partial charge in [-0.15, -0.1) is 11.3 Å². The van der Waals surface area contributed by atoms with Crippen LogP contribution in [0.4, 0.5) is 0 Å². The Balaban J connectivity index is 2.65. The molecule has 0 spiro atoms. The average Bonchev–Trinajstić information content (AvgIpc) is 2.55. The zero-order chi connectivity index (χ0) is 12.1. The molecule has 0 saturated carbocycles. The third-order valence-electron chi connectivity index (χ3n) is 1.64. The van der Waals surface area contributed by atoms with Gasteiger partial charge in [0.05, 0.1) is 12.1 Å². The van der Waals surface area contributed by atoms with Crippen LogP contribution in [-0.4, -0.2) is 21.8 Å². The van der Waals surface area contributed by atoms with Crippen LogP contribution in [0.25, 0.3) is 0 Å². The summed E-state index contributed by atoms with van der Waals surface area (Å²) in [5.74, 6) is -0.299. The lowest BCUT2D eigenvalue weighted by Gasteiger charge is -1.93. The molecular formula is C9H9Cl2NO2S2. The first kappa shape index (κ1) is 13.8. The van der Waals surface area contributed by atoms with E-state index in [1.54, 1.807) is 6.92 Å². The van der Waals surface area contributed by atoms with Crippen LogP contribution >= 0.6 is 46.3 Å². The van der Waals surface area contributed by atoms with Crippen molar-refractivity contribution in [3.63, 3.8) is 0 Å². The molecule has 0 saturated heterocycles. The number of carboxylic acids is 1. The van der Waals surface area contributed by atoms with E-state index >= 15 is 0 Å². The largest absolute Gasteiger partial charge is 0.481 e. The van der Waals surface area contributed by atoms with E-state index in [4.69, 9.17) is 28.3 Å². The summed E-state index contributed by atoms with van der Waals surface area (Å²) >= 11 is 14.0. The van der Waals surface area contributed by atoms with Gasteiger partial charge in [-0.2, -0.15) is 0 Å². The van der Waals surface area contributed by atoms with Crippen LogP contribution in [0.2, 0.25) is 0 Å². The smallest absolute Gasteiger partial charge is 0.308 e. The zero-order valence-corrected chi connectivity index (χ0v) is 11.5. The fourth-order valence-corrected chi connectivity index (χ4v) is 3.30. The molecule has 0 radical (unpaired) electrons. The number of thioether (sulfide) groups is 1. The van der Waals surface area contributed by atoms with Crippen LogP contribution in [0.15, 0.2) is 14.9 Å². The van der Waals surface area contributed by atoms with Gasteiger partial charge in [0, 0.05) is 21.2 Å². The third kappa shape index (κ3) is 4.33.